The lowest BCUT2D eigenvalue weighted by Gasteiger charge is -2.06. The van der Waals surface area contributed by atoms with Gasteiger partial charge in [-0.2, -0.15) is 0 Å². The van der Waals surface area contributed by atoms with Crippen LogP contribution in [0.4, 0.5) is 0 Å². The Morgan fingerprint density at radius 1 is 0.421 bits per heavy atom. The fraction of sp³-hybridized carbons (Fsp3) is 0.917. The largest absolute Gasteiger partial charge is 0.466 e. The van der Waals surface area contributed by atoms with Gasteiger partial charge in [0.2, 0.25) is 0 Å². The summed E-state index contributed by atoms with van der Waals surface area (Å²) in [6.07, 6.45) is 44.1. The summed E-state index contributed by atoms with van der Waals surface area (Å²) in [6.45, 7) is 5.19. The highest BCUT2D eigenvalue weighted by Crippen LogP contribution is 2.14. The third-order valence-electron chi connectivity index (χ3n) is 7.90. The van der Waals surface area contributed by atoms with Crippen molar-refractivity contribution in [1.82, 2.24) is 0 Å². The maximum atomic E-state index is 11.9. The molecule has 0 amide bonds. The second-order valence-electron chi connectivity index (χ2n) is 11.9. The molecule has 0 aliphatic rings. The summed E-state index contributed by atoms with van der Waals surface area (Å²) < 4.78 is 5.43. The molecule has 0 aliphatic heterocycles. The van der Waals surface area contributed by atoms with Gasteiger partial charge in [0.05, 0.1) is 6.61 Å². The van der Waals surface area contributed by atoms with E-state index in [0.29, 0.717) is 13.0 Å². The van der Waals surface area contributed by atoms with E-state index in [4.69, 9.17) is 4.74 Å². The number of unbranched alkanes of at least 4 members (excludes halogenated alkanes) is 26. The molecule has 0 atom stereocenters. The number of carbonyl (C=O) groups is 1. The summed E-state index contributed by atoms with van der Waals surface area (Å²) >= 11 is 0. The average molecular weight is 535 g/mol. The zero-order valence-corrected chi connectivity index (χ0v) is 26.4. The van der Waals surface area contributed by atoms with Crippen LogP contribution in [0.15, 0.2) is 12.2 Å². The number of rotatable bonds is 32. The Labute approximate surface area is 240 Å². The Kier molecular flexibility index (Phi) is 33.5. The van der Waals surface area contributed by atoms with Crippen LogP contribution in [0.5, 0.6) is 0 Å². The minimum Gasteiger partial charge on any atom is -0.466 e. The van der Waals surface area contributed by atoms with Crippen molar-refractivity contribution in [2.24, 2.45) is 0 Å². The number of carbonyl (C=O) groups excluding carboxylic acids is 1. The maximum Gasteiger partial charge on any atom is 0.305 e. The van der Waals surface area contributed by atoms with Crippen LogP contribution in [0.2, 0.25) is 0 Å². The first-order valence-electron chi connectivity index (χ1n) is 17.6. The average Bonchev–Trinajstić information content (AvgIpc) is 2.92. The Balaban J connectivity index is 3.17. The lowest BCUT2D eigenvalue weighted by molar-refractivity contribution is -0.143. The monoisotopic (exact) mass is 535 g/mol. The zero-order valence-electron chi connectivity index (χ0n) is 26.4. The summed E-state index contributed by atoms with van der Waals surface area (Å²) in [6, 6.07) is 0. The van der Waals surface area contributed by atoms with Crippen LogP contribution in [0.3, 0.4) is 0 Å². The van der Waals surface area contributed by atoms with Crippen molar-refractivity contribution in [1.29, 1.82) is 0 Å². The summed E-state index contributed by atoms with van der Waals surface area (Å²) in [5.74, 6) is 0.0229. The summed E-state index contributed by atoms with van der Waals surface area (Å²) in [7, 11) is 0. The van der Waals surface area contributed by atoms with Gasteiger partial charge in [-0.15, -0.1) is 0 Å². The summed E-state index contributed by atoms with van der Waals surface area (Å²) in [5.41, 5.74) is 0. The van der Waals surface area contributed by atoms with Gasteiger partial charge in [-0.05, 0) is 38.5 Å². The van der Waals surface area contributed by atoms with E-state index < -0.39 is 0 Å². The van der Waals surface area contributed by atoms with Gasteiger partial charge < -0.3 is 4.74 Å². The van der Waals surface area contributed by atoms with Crippen molar-refractivity contribution in [3.63, 3.8) is 0 Å². The number of ether oxygens (including phenoxy) is 1. The molecule has 2 heteroatoms. The molecule has 0 saturated heterocycles. The lowest BCUT2D eigenvalue weighted by atomic mass is 10.0. The van der Waals surface area contributed by atoms with Crippen molar-refractivity contribution in [3.8, 4) is 0 Å². The summed E-state index contributed by atoms with van der Waals surface area (Å²) in [5, 5.41) is 0. The van der Waals surface area contributed by atoms with E-state index in [1.165, 1.54) is 173 Å². The van der Waals surface area contributed by atoms with Gasteiger partial charge in [-0.1, -0.05) is 174 Å². The first-order chi connectivity index (χ1) is 18.8. The van der Waals surface area contributed by atoms with Crippen molar-refractivity contribution >= 4 is 5.97 Å². The van der Waals surface area contributed by atoms with E-state index in [-0.39, 0.29) is 5.97 Å². The molecule has 0 radical (unpaired) electrons. The fourth-order valence-electron chi connectivity index (χ4n) is 5.25. The molecule has 0 saturated carbocycles. The van der Waals surface area contributed by atoms with E-state index in [1.54, 1.807) is 0 Å². The highest BCUT2D eigenvalue weighted by molar-refractivity contribution is 5.69. The molecule has 0 fully saturated rings. The smallest absolute Gasteiger partial charge is 0.305 e. The van der Waals surface area contributed by atoms with Crippen molar-refractivity contribution in [2.45, 2.75) is 206 Å². The van der Waals surface area contributed by atoms with Gasteiger partial charge >= 0.3 is 5.97 Å². The highest BCUT2D eigenvalue weighted by atomic mass is 16.5. The normalized spacial score (nSPS) is 11.5. The van der Waals surface area contributed by atoms with Gasteiger partial charge in [0, 0.05) is 6.42 Å². The first-order valence-corrected chi connectivity index (χ1v) is 17.6. The molecule has 0 unspecified atom stereocenters. The van der Waals surface area contributed by atoms with Gasteiger partial charge in [-0.3, -0.25) is 4.79 Å². The topological polar surface area (TPSA) is 26.3 Å². The SMILES string of the molecule is CCCCCCC=CCCCCCCCCCCOC(=O)CCCCCCCCCCCCCCCCC. The third kappa shape index (κ3) is 33.2. The second kappa shape index (κ2) is 34.2. The quantitative estimate of drug-likeness (QED) is 0.0487. The third-order valence-corrected chi connectivity index (χ3v) is 7.90. The molecule has 0 aliphatic carbocycles. The van der Waals surface area contributed by atoms with Crippen LogP contribution in [0.1, 0.15) is 206 Å². The molecule has 0 aromatic carbocycles. The van der Waals surface area contributed by atoms with Crippen LogP contribution >= 0.6 is 0 Å². The molecule has 38 heavy (non-hydrogen) atoms. The molecular weight excluding hydrogens is 464 g/mol. The molecule has 0 spiro atoms. The van der Waals surface area contributed by atoms with Gasteiger partial charge in [0.25, 0.3) is 0 Å². The second-order valence-corrected chi connectivity index (χ2v) is 11.9. The number of hydrogen-bond donors (Lipinski definition) is 0. The van der Waals surface area contributed by atoms with Gasteiger partial charge in [0.15, 0.2) is 0 Å². The maximum absolute atomic E-state index is 11.9. The standard InChI is InChI=1S/C36H70O2/c1-3-5-7-9-11-13-15-17-19-21-23-25-27-29-31-33-35-38-36(37)34-32-30-28-26-24-22-20-18-16-14-12-10-8-6-4-2/h13,15H,3-12,14,16-35H2,1-2H3. The molecule has 0 N–H and O–H groups in total. The Morgan fingerprint density at radius 2 is 0.737 bits per heavy atom. The van der Waals surface area contributed by atoms with Crippen molar-refractivity contribution < 1.29 is 9.53 Å². The molecule has 0 aromatic rings. The van der Waals surface area contributed by atoms with Gasteiger partial charge in [0.1, 0.15) is 0 Å². The summed E-state index contributed by atoms with van der Waals surface area (Å²) in [4.78, 5) is 11.9. The molecule has 226 valence electrons. The lowest BCUT2D eigenvalue weighted by Crippen LogP contribution is -2.05. The predicted molar refractivity (Wildman–Crippen MR) is 170 cm³/mol. The van der Waals surface area contributed by atoms with Crippen LogP contribution < -0.4 is 0 Å². The number of allylic oxidation sites excluding steroid dienone is 2. The Morgan fingerprint density at radius 3 is 1.16 bits per heavy atom. The predicted octanol–water partition coefficient (Wildman–Crippen LogP) is 12.8. The zero-order chi connectivity index (χ0) is 27.6. The molecule has 0 rings (SSSR count). The van der Waals surface area contributed by atoms with Crippen molar-refractivity contribution in [2.75, 3.05) is 6.61 Å². The molecule has 0 aromatic heterocycles. The number of esters is 1. The van der Waals surface area contributed by atoms with Gasteiger partial charge in [-0.25, -0.2) is 0 Å². The van der Waals surface area contributed by atoms with Crippen LogP contribution in [-0.4, -0.2) is 12.6 Å². The van der Waals surface area contributed by atoms with E-state index in [9.17, 15) is 4.79 Å². The molecule has 0 heterocycles. The molecule has 0 bridgehead atoms. The highest BCUT2D eigenvalue weighted by Gasteiger charge is 2.02. The first kappa shape index (κ1) is 37.2. The van der Waals surface area contributed by atoms with E-state index in [1.807, 2.05) is 0 Å². The van der Waals surface area contributed by atoms with E-state index in [2.05, 4.69) is 26.0 Å². The molecule has 2 nitrogen and oxygen atoms in total. The fourth-order valence-corrected chi connectivity index (χ4v) is 5.25. The Bertz CT molecular complexity index is 470. The minimum atomic E-state index is 0.0229. The number of hydrogen-bond acceptors (Lipinski definition) is 2. The molecular formula is C36H70O2. The van der Waals surface area contributed by atoms with E-state index in [0.717, 1.165) is 12.8 Å². The van der Waals surface area contributed by atoms with Crippen LogP contribution in [0.25, 0.3) is 0 Å². The van der Waals surface area contributed by atoms with E-state index >= 15 is 0 Å². The van der Waals surface area contributed by atoms with Crippen LogP contribution in [-0.2, 0) is 9.53 Å². The Hall–Kier alpha value is -0.790. The minimum absolute atomic E-state index is 0.0229. The van der Waals surface area contributed by atoms with Crippen molar-refractivity contribution in [3.05, 3.63) is 12.2 Å². The van der Waals surface area contributed by atoms with Crippen LogP contribution in [0, 0.1) is 0 Å².